The lowest BCUT2D eigenvalue weighted by molar-refractivity contribution is -0.264. The molecule has 0 aromatic heterocycles. The van der Waals surface area contributed by atoms with E-state index >= 15 is 0 Å². The number of aliphatic hydroxyl groups is 6. The molecule has 6 N–H and O–H groups in total. The molecule has 0 bridgehead atoms. The van der Waals surface area contributed by atoms with Crippen molar-refractivity contribution < 1.29 is 30.6 Å². The fourth-order valence-electron chi connectivity index (χ4n) is 9.48. The van der Waals surface area contributed by atoms with E-state index in [4.69, 9.17) is 0 Å². The SMILES string of the molecule is C=C(CCC(C)[C@H]1[C@@H](O)[C@H](O)C2[C@]3(O)C[C@@H](O)C4C[C@@H](O)CC[C@]4(C)C3CC[C@@]21C)[C@@H](C)CO. The highest BCUT2D eigenvalue weighted by Crippen LogP contribution is 2.69. The molecule has 196 valence electrons. The van der Waals surface area contributed by atoms with Crippen molar-refractivity contribution in [2.75, 3.05) is 6.61 Å². The summed E-state index contributed by atoms with van der Waals surface area (Å²) in [4.78, 5) is 0. The molecule has 4 unspecified atom stereocenters. The van der Waals surface area contributed by atoms with Crippen LogP contribution in [-0.2, 0) is 0 Å². The van der Waals surface area contributed by atoms with Gasteiger partial charge in [-0.05, 0) is 85.4 Å². The van der Waals surface area contributed by atoms with Gasteiger partial charge in [-0.25, -0.2) is 0 Å². The Balaban J connectivity index is 1.62. The van der Waals surface area contributed by atoms with E-state index in [9.17, 15) is 30.6 Å². The summed E-state index contributed by atoms with van der Waals surface area (Å²) >= 11 is 0. The molecule has 6 nitrogen and oxygen atoms in total. The van der Waals surface area contributed by atoms with Crippen LogP contribution in [0.3, 0.4) is 0 Å². The summed E-state index contributed by atoms with van der Waals surface area (Å²) in [6.07, 6.45) is 2.29. The molecular formula is C28H48O6. The molecule has 0 aromatic rings. The molecule has 0 aliphatic heterocycles. The second-order valence-electron chi connectivity index (χ2n) is 13.1. The number of fused-ring (bicyclic) bond motifs is 5. The van der Waals surface area contributed by atoms with Gasteiger partial charge in [-0.2, -0.15) is 0 Å². The van der Waals surface area contributed by atoms with E-state index in [1.807, 2.05) is 6.92 Å². The summed E-state index contributed by atoms with van der Waals surface area (Å²) in [6, 6.07) is 0. The van der Waals surface area contributed by atoms with Crippen molar-refractivity contribution in [1.82, 2.24) is 0 Å². The van der Waals surface area contributed by atoms with Gasteiger partial charge < -0.3 is 30.6 Å². The van der Waals surface area contributed by atoms with Gasteiger partial charge in [0.1, 0.15) is 0 Å². The number of hydrogen-bond donors (Lipinski definition) is 6. The average molecular weight is 481 g/mol. The van der Waals surface area contributed by atoms with Crippen LogP contribution in [0.15, 0.2) is 12.2 Å². The topological polar surface area (TPSA) is 121 Å². The summed E-state index contributed by atoms with van der Waals surface area (Å²) in [5.74, 6) is -0.629. The number of rotatable bonds is 6. The number of hydrogen-bond acceptors (Lipinski definition) is 6. The highest BCUT2D eigenvalue weighted by Gasteiger charge is 2.72. The van der Waals surface area contributed by atoms with E-state index in [1.165, 1.54) is 0 Å². The first kappa shape index (κ1) is 26.6. The Morgan fingerprint density at radius 3 is 2.29 bits per heavy atom. The van der Waals surface area contributed by atoms with E-state index in [-0.39, 0.29) is 48.0 Å². The Morgan fingerprint density at radius 2 is 1.65 bits per heavy atom. The lowest BCUT2D eigenvalue weighted by atomic mass is 9.42. The summed E-state index contributed by atoms with van der Waals surface area (Å²) in [5.41, 5.74) is -0.978. The Morgan fingerprint density at radius 1 is 1.00 bits per heavy atom. The van der Waals surface area contributed by atoms with Crippen LogP contribution in [0.1, 0.15) is 79.1 Å². The molecule has 13 atom stereocenters. The summed E-state index contributed by atoms with van der Waals surface area (Å²) in [6.45, 7) is 12.6. The fourth-order valence-corrected chi connectivity index (χ4v) is 9.48. The van der Waals surface area contributed by atoms with Crippen LogP contribution in [0.25, 0.3) is 0 Å². The minimum atomic E-state index is -1.25. The Labute approximate surface area is 205 Å². The van der Waals surface area contributed by atoms with Gasteiger partial charge in [0.15, 0.2) is 0 Å². The largest absolute Gasteiger partial charge is 0.396 e. The second kappa shape index (κ2) is 9.11. The first-order valence-electron chi connectivity index (χ1n) is 13.5. The van der Waals surface area contributed by atoms with E-state index < -0.39 is 41.3 Å². The predicted molar refractivity (Wildman–Crippen MR) is 131 cm³/mol. The van der Waals surface area contributed by atoms with Gasteiger partial charge in [0, 0.05) is 18.9 Å². The summed E-state index contributed by atoms with van der Waals surface area (Å²) < 4.78 is 0. The van der Waals surface area contributed by atoms with Gasteiger partial charge in [0.2, 0.25) is 0 Å². The van der Waals surface area contributed by atoms with Crippen LogP contribution in [0, 0.1) is 46.3 Å². The van der Waals surface area contributed by atoms with Gasteiger partial charge in [0.05, 0.1) is 30.0 Å². The summed E-state index contributed by atoms with van der Waals surface area (Å²) in [5, 5.41) is 66.0. The maximum Gasteiger partial charge on any atom is 0.0863 e. The minimum Gasteiger partial charge on any atom is -0.396 e. The lowest BCUT2D eigenvalue weighted by Crippen LogP contribution is -2.68. The van der Waals surface area contributed by atoms with E-state index in [0.717, 1.165) is 37.7 Å². The van der Waals surface area contributed by atoms with Gasteiger partial charge in [-0.3, -0.25) is 0 Å². The molecule has 4 fully saturated rings. The van der Waals surface area contributed by atoms with Crippen LogP contribution in [0.4, 0.5) is 0 Å². The second-order valence-corrected chi connectivity index (χ2v) is 13.1. The monoisotopic (exact) mass is 480 g/mol. The normalized spacial score (nSPS) is 52.3. The molecule has 0 amide bonds. The third-order valence-corrected chi connectivity index (χ3v) is 11.3. The van der Waals surface area contributed by atoms with Crippen molar-refractivity contribution in [3.63, 3.8) is 0 Å². The van der Waals surface area contributed by atoms with Gasteiger partial charge >= 0.3 is 0 Å². The Kier molecular flexibility index (Phi) is 7.12. The first-order valence-corrected chi connectivity index (χ1v) is 13.5. The molecular weight excluding hydrogens is 432 g/mol. The lowest BCUT2D eigenvalue weighted by Gasteiger charge is -2.65. The third-order valence-electron chi connectivity index (χ3n) is 11.3. The van der Waals surface area contributed by atoms with Gasteiger partial charge in [-0.15, -0.1) is 0 Å². The van der Waals surface area contributed by atoms with Crippen molar-refractivity contribution in [2.24, 2.45) is 46.3 Å². The van der Waals surface area contributed by atoms with Crippen molar-refractivity contribution in [2.45, 2.75) is 109 Å². The average Bonchev–Trinajstić information content (AvgIpc) is 2.98. The van der Waals surface area contributed by atoms with Crippen molar-refractivity contribution in [3.8, 4) is 0 Å². The molecule has 0 spiro atoms. The van der Waals surface area contributed by atoms with Crippen LogP contribution < -0.4 is 0 Å². The van der Waals surface area contributed by atoms with E-state index in [0.29, 0.717) is 12.8 Å². The maximum atomic E-state index is 12.3. The third kappa shape index (κ3) is 3.83. The molecule has 0 heterocycles. The van der Waals surface area contributed by atoms with Gasteiger partial charge in [0.25, 0.3) is 0 Å². The van der Waals surface area contributed by atoms with Crippen LogP contribution in [-0.4, -0.2) is 67.3 Å². The van der Waals surface area contributed by atoms with E-state index in [2.05, 4.69) is 27.4 Å². The molecule has 0 aromatic carbocycles. The van der Waals surface area contributed by atoms with E-state index in [1.54, 1.807) is 0 Å². The Bertz CT molecular complexity index is 772. The summed E-state index contributed by atoms with van der Waals surface area (Å²) in [7, 11) is 0. The molecule has 0 saturated heterocycles. The molecule has 4 rings (SSSR count). The predicted octanol–water partition coefficient (Wildman–Crippen LogP) is 2.63. The molecule has 4 saturated carbocycles. The zero-order valence-corrected chi connectivity index (χ0v) is 21.5. The van der Waals surface area contributed by atoms with Crippen LogP contribution in [0.2, 0.25) is 0 Å². The zero-order valence-electron chi connectivity index (χ0n) is 21.5. The highest BCUT2D eigenvalue weighted by atomic mass is 16.3. The molecule has 0 radical (unpaired) electrons. The maximum absolute atomic E-state index is 12.3. The molecule has 34 heavy (non-hydrogen) atoms. The standard InChI is InChI=1S/C28H48O6/c1-15(17(3)14-29)6-7-16(2)22-23(32)24(33)25-27(22,5)11-9-21-26(4)10-8-18(30)12-19(26)20(31)13-28(21,25)34/h16-25,29-34H,1,6-14H2,2-5H3/t16?,17-,18-,19?,20+,21?,22-,23+,24-,25?,26-,27+,28-/m0/s1. The minimum absolute atomic E-state index is 0.0391. The quantitative estimate of drug-likeness (QED) is 0.325. The smallest absolute Gasteiger partial charge is 0.0863 e. The first-order chi connectivity index (χ1) is 15.8. The van der Waals surface area contributed by atoms with Crippen LogP contribution in [0.5, 0.6) is 0 Å². The molecule has 4 aliphatic carbocycles. The number of aliphatic hydroxyl groups excluding tert-OH is 5. The molecule has 4 aliphatic rings. The highest BCUT2D eigenvalue weighted by molar-refractivity contribution is 5.21. The zero-order chi connectivity index (χ0) is 25.2. The van der Waals surface area contributed by atoms with Crippen molar-refractivity contribution >= 4 is 0 Å². The van der Waals surface area contributed by atoms with Crippen LogP contribution >= 0.6 is 0 Å². The molecule has 6 heteroatoms. The fraction of sp³-hybridized carbons (Fsp3) is 0.929. The Hall–Kier alpha value is -0.500. The van der Waals surface area contributed by atoms with Crippen molar-refractivity contribution in [3.05, 3.63) is 12.2 Å². The van der Waals surface area contributed by atoms with Gasteiger partial charge in [-0.1, -0.05) is 39.8 Å². The van der Waals surface area contributed by atoms with Crippen molar-refractivity contribution in [1.29, 1.82) is 0 Å².